The molecular formula is C66H64Cl8N8O11Zn. The van der Waals surface area contributed by atoms with E-state index < -0.39 is 29.1 Å². The van der Waals surface area contributed by atoms with Gasteiger partial charge in [-0.3, -0.25) is 0 Å². The van der Waals surface area contributed by atoms with Crippen LogP contribution in [0.3, 0.4) is 0 Å². The summed E-state index contributed by atoms with van der Waals surface area (Å²) in [6.45, 7) is 3.86. The van der Waals surface area contributed by atoms with Crippen LogP contribution in [-0.2, 0) is 19.5 Å². The van der Waals surface area contributed by atoms with E-state index in [0.29, 0.717) is 0 Å². The first-order valence-electron chi connectivity index (χ1n) is 27.0. The summed E-state index contributed by atoms with van der Waals surface area (Å²) in [5, 5.41) is 15.1. The monoisotopic (exact) mass is 1490 g/mol. The Balaban J connectivity index is 0.000000558. The summed E-state index contributed by atoms with van der Waals surface area (Å²) in [4.78, 5) is 30.5. The molecule has 0 bridgehead atoms. The van der Waals surface area contributed by atoms with Crippen molar-refractivity contribution in [2.45, 2.75) is 22.4 Å². The number of imidazole rings is 4. The van der Waals surface area contributed by atoms with Gasteiger partial charge in [-0.1, -0.05) is 312 Å². The topological polar surface area (TPSA) is 371 Å². The summed E-state index contributed by atoms with van der Waals surface area (Å²) >= 11 is 28.8. The number of aromatic amines is 4. The van der Waals surface area contributed by atoms with Crippen LogP contribution in [-0.4, -0.2) is 77.4 Å². The van der Waals surface area contributed by atoms with Crippen molar-refractivity contribution in [3.63, 3.8) is 0 Å². The molecule has 8 aromatic carbocycles. The Bertz CT molecular complexity index is 3030. The summed E-state index contributed by atoms with van der Waals surface area (Å²) in [5.41, 5.74) is 17.4. The van der Waals surface area contributed by atoms with Gasteiger partial charge in [-0.05, 0) is 13.8 Å². The number of aliphatic hydroxyl groups excluding tert-OH is 2. The first-order valence-corrected chi connectivity index (χ1v) is 32.0. The summed E-state index contributed by atoms with van der Waals surface area (Å²) in [6.07, 6.45) is 6.96. The molecule has 12 aromatic rings. The molecule has 492 valence electrons. The van der Waals surface area contributed by atoms with Gasteiger partial charge in [0.05, 0.1) is 70.9 Å². The van der Waals surface area contributed by atoms with E-state index in [1.165, 1.54) is 0 Å². The second-order valence-corrected chi connectivity index (χ2v) is 22.8. The van der Waals surface area contributed by atoms with Crippen LogP contribution in [0.25, 0.3) is 90.1 Å². The van der Waals surface area contributed by atoms with Gasteiger partial charge < -0.3 is 35.6 Å². The Morgan fingerprint density at radius 1 is 0.298 bits per heavy atom. The van der Waals surface area contributed by atoms with Crippen LogP contribution in [0.2, 0.25) is 0 Å². The molecule has 0 aliphatic carbocycles. The van der Waals surface area contributed by atoms with Gasteiger partial charge in [0.2, 0.25) is 0 Å². The van der Waals surface area contributed by atoms with Crippen molar-refractivity contribution in [1.29, 1.82) is 0 Å². The first kappa shape index (κ1) is 85.1. The maximum Gasteiger partial charge on any atom is 2.00 e. The number of aromatic nitrogens is 8. The van der Waals surface area contributed by atoms with Gasteiger partial charge in [0.1, 0.15) is 0 Å². The molecular weight excluding hydrogens is 1430 g/mol. The van der Waals surface area contributed by atoms with Gasteiger partial charge in [-0.2, -0.15) is 0 Å². The van der Waals surface area contributed by atoms with Gasteiger partial charge in [-0.15, -0.1) is 20.5 Å². The third kappa shape index (κ3) is 36.1. The Morgan fingerprint density at radius 3 is 0.521 bits per heavy atom. The van der Waals surface area contributed by atoms with Crippen LogP contribution in [0.4, 0.5) is 0 Å². The summed E-state index contributed by atoms with van der Waals surface area (Å²) in [7, 11) is -9.89. The summed E-state index contributed by atoms with van der Waals surface area (Å²) < 4.78 is 66.4. The number of rotatable bonds is 8. The molecule has 28 heteroatoms. The predicted molar refractivity (Wildman–Crippen MR) is 350 cm³/mol. The number of nitrogens with one attached hydrogen (secondary N) is 4. The van der Waals surface area contributed by atoms with E-state index in [4.69, 9.17) is 117 Å². The largest absolute Gasteiger partial charge is 2.00 e. The van der Waals surface area contributed by atoms with Crippen LogP contribution in [0.5, 0.6) is 0 Å². The van der Waals surface area contributed by atoms with Gasteiger partial charge >= 0.3 is 19.5 Å². The molecule has 0 fully saturated rings. The number of hydrogen-bond acceptors (Lipinski definition) is 14. The van der Waals surface area contributed by atoms with Crippen LogP contribution in [0.15, 0.2) is 268 Å². The smallest absolute Gasteiger partial charge is 0.412 e. The molecule has 19 nitrogen and oxygen atoms in total. The van der Waals surface area contributed by atoms with E-state index in [9.17, 15) is 0 Å². The minimum absolute atomic E-state index is 0. The molecule has 0 radical (unpaired) electrons. The van der Waals surface area contributed by atoms with Crippen LogP contribution >= 0.6 is 69.6 Å². The van der Waals surface area contributed by atoms with Gasteiger partial charge in [-0.25, -0.2) is 57.2 Å². The van der Waals surface area contributed by atoms with Crippen LogP contribution in [0, 0.1) is 20.5 Å². The van der Waals surface area contributed by atoms with E-state index >= 15 is 0 Å². The zero-order valence-electron chi connectivity index (χ0n) is 50.2. The van der Waals surface area contributed by atoms with Crippen LogP contribution in [0.1, 0.15) is 13.8 Å². The Morgan fingerprint density at radius 2 is 0.404 bits per heavy atom. The third-order valence-electron chi connectivity index (χ3n) is 11.0. The number of alkyl halides is 6. The minimum Gasteiger partial charge on any atom is -0.412 e. The fourth-order valence-electron chi connectivity index (χ4n) is 7.74. The number of aliphatic hydroxyl groups is 2. The number of benzene rings is 8. The molecule has 94 heavy (non-hydrogen) atoms. The average molecular weight is 1490 g/mol. The van der Waals surface area contributed by atoms with E-state index in [2.05, 4.69) is 137 Å². The predicted octanol–water partition coefficient (Wildman–Crippen LogP) is 8.61. The van der Waals surface area contributed by atoms with Crippen LogP contribution < -0.4 is 37.3 Å². The molecule has 8 N–H and O–H groups in total. The number of hydrogen-bond donors (Lipinski definition) is 6. The van der Waals surface area contributed by atoms with Gasteiger partial charge in [0.15, 0.2) is 8.59 Å². The SMILES string of the molecule is CCO.CCO.ClC(Cl)Cl.ClC(Cl)Cl.O.[O-][Cl+3]([O-])([O-])[O-].[O-][Cl+3]([O-])([O-])[O-].[Zn+2].c1ccc(-c2nc[nH]c2-c2ccccc2)cc1.c1ccc(-c2nc[nH]c2-c2ccccc2)cc1.c1ccc(-c2nc[nH]c2-c2ccccc2)cc1.c1ccc(-c2nc[nH]c2-c2ccccc2)cc1. The number of nitrogens with zero attached hydrogens (tertiary/aromatic N) is 4. The van der Waals surface area contributed by atoms with E-state index in [-0.39, 0.29) is 38.2 Å². The van der Waals surface area contributed by atoms with Crippen molar-refractivity contribution >= 4 is 69.6 Å². The molecule has 0 saturated heterocycles. The standard InChI is InChI=1S/4C15H12N2.2C2H6O.2CHCl3.2ClHO4.H2O.Zn/c4*1-3-7-12(8-4-1)14-15(17-11-16-14)13-9-5-2-6-10-13;2*1-2-3;2*2-1(3)4;2*2-1(3,4)5;;/h4*1-11H,(H,16,17);2*3H,2H2,1H3;2*1H;2*(H,2,3,4,5);1H2;/q;;;;;;;;;;;+2/p-2. The molecule has 4 aromatic heterocycles. The van der Waals surface area contributed by atoms with Crippen molar-refractivity contribution in [3.05, 3.63) is 268 Å². The molecule has 0 aliphatic heterocycles. The molecule has 0 saturated carbocycles. The van der Waals surface area contributed by atoms with E-state index in [0.717, 1.165) is 90.1 Å². The first-order chi connectivity index (χ1) is 44.1. The number of halogens is 8. The normalized spacial score (nSPS) is 9.91. The van der Waals surface area contributed by atoms with Crippen molar-refractivity contribution in [3.8, 4) is 90.1 Å². The molecule has 0 aliphatic rings. The molecule has 0 unspecified atom stereocenters. The Labute approximate surface area is 591 Å². The van der Waals surface area contributed by atoms with Gasteiger partial charge in [0, 0.05) is 57.7 Å². The Hall–Kier alpha value is -6.90. The second kappa shape index (κ2) is 48.7. The average Bonchev–Trinajstić information content (AvgIpc) is 1.68. The van der Waals surface area contributed by atoms with E-state index in [1.54, 1.807) is 39.2 Å². The molecule has 12 rings (SSSR count). The number of H-pyrrole nitrogens is 4. The zero-order chi connectivity index (χ0) is 67.6. The van der Waals surface area contributed by atoms with Crippen molar-refractivity contribution in [1.82, 2.24) is 39.9 Å². The fourth-order valence-corrected chi connectivity index (χ4v) is 7.74. The maximum absolute atomic E-state index is 8.49. The van der Waals surface area contributed by atoms with Gasteiger partial charge in [0.25, 0.3) is 0 Å². The van der Waals surface area contributed by atoms with Crippen molar-refractivity contribution < 1.29 is 92.9 Å². The maximum atomic E-state index is 8.49. The molecule has 0 amide bonds. The quantitative estimate of drug-likeness (QED) is 0.0613. The zero-order valence-corrected chi connectivity index (χ0v) is 59.2. The second-order valence-electron chi connectivity index (χ2n) is 17.3. The molecule has 0 atom stereocenters. The van der Waals surface area contributed by atoms with Crippen molar-refractivity contribution in [2.24, 2.45) is 0 Å². The minimum atomic E-state index is -4.94. The van der Waals surface area contributed by atoms with Crippen molar-refractivity contribution in [2.75, 3.05) is 13.2 Å². The fraction of sp³-hybridized carbons (Fsp3) is 0.0909. The van der Waals surface area contributed by atoms with E-state index in [1.807, 2.05) is 146 Å². The summed E-state index contributed by atoms with van der Waals surface area (Å²) in [6, 6.07) is 81.8. The Kier molecular flexibility index (Phi) is 44.1. The molecule has 4 heterocycles. The summed E-state index contributed by atoms with van der Waals surface area (Å²) in [5.74, 6) is 0. The third-order valence-corrected chi connectivity index (χ3v) is 11.0. The molecule has 0 spiro atoms.